The van der Waals surface area contributed by atoms with Crippen LogP contribution < -0.4 is 5.32 Å². The molecule has 0 saturated heterocycles. The van der Waals surface area contributed by atoms with Gasteiger partial charge in [0.05, 0.1) is 11.3 Å². The highest BCUT2D eigenvalue weighted by atomic mass is 32.1. The normalized spacial score (nSPS) is 10.8. The van der Waals surface area contributed by atoms with Crippen molar-refractivity contribution in [2.45, 2.75) is 13.8 Å². The van der Waals surface area contributed by atoms with Crippen molar-refractivity contribution >= 4 is 16.5 Å². The van der Waals surface area contributed by atoms with E-state index in [1.165, 1.54) is 11.5 Å². The molecule has 0 aliphatic rings. The average Bonchev–Trinajstić information content (AvgIpc) is 3.04. The Morgan fingerprint density at radius 2 is 2.15 bits per heavy atom. The van der Waals surface area contributed by atoms with E-state index in [2.05, 4.69) is 24.8 Å². The summed E-state index contributed by atoms with van der Waals surface area (Å²) in [5, 5.41) is 8.00. The van der Waals surface area contributed by atoms with E-state index in [0.29, 0.717) is 17.4 Å². The van der Waals surface area contributed by atoms with Crippen molar-refractivity contribution in [2.24, 2.45) is 0 Å². The number of aryl methyl sites for hydroxylation is 2. The van der Waals surface area contributed by atoms with Crippen molar-refractivity contribution < 1.29 is 4.52 Å². The summed E-state index contributed by atoms with van der Waals surface area (Å²) < 4.78 is 9.65. The van der Waals surface area contributed by atoms with Gasteiger partial charge in [-0.1, -0.05) is 5.16 Å². The summed E-state index contributed by atoms with van der Waals surface area (Å²) in [6, 6.07) is 3.85. The van der Waals surface area contributed by atoms with Gasteiger partial charge in [-0.15, -0.1) is 0 Å². The fourth-order valence-electron chi connectivity index (χ4n) is 1.88. The fourth-order valence-corrected chi connectivity index (χ4v) is 2.62. The summed E-state index contributed by atoms with van der Waals surface area (Å²) in [5.41, 5.74) is 3.52. The van der Waals surface area contributed by atoms with Gasteiger partial charge in [0.25, 0.3) is 5.89 Å². The van der Waals surface area contributed by atoms with Crippen molar-refractivity contribution in [3.8, 4) is 23.0 Å². The Labute approximate surface area is 120 Å². The van der Waals surface area contributed by atoms with Crippen molar-refractivity contribution in [3.05, 3.63) is 29.6 Å². The zero-order chi connectivity index (χ0) is 14.1. The van der Waals surface area contributed by atoms with Crippen LogP contribution in [-0.2, 0) is 0 Å². The smallest absolute Gasteiger partial charge is 0.263 e. The van der Waals surface area contributed by atoms with E-state index in [1.54, 1.807) is 6.20 Å². The van der Waals surface area contributed by atoms with Crippen LogP contribution in [0.4, 0.5) is 5.00 Å². The Morgan fingerprint density at radius 1 is 1.30 bits per heavy atom. The van der Waals surface area contributed by atoms with Gasteiger partial charge in [-0.05, 0) is 43.1 Å². The largest absolute Gasteiger partial charge is 0.378 e. The van der Waals surface area contributed by atoms with Crippen LogP contribution in [0.5, 0.6) is 0 Å². The minimum Gasteiger partial charge on any atom is -0.378 e. The predicted molar refractivity (Wildman–Crippen MR) is 77.7 cm³/mol. The van der Waals surface area contributed by atoms with Crippen LogP contribution >= 0.6 is 11.5 Å². The van der Waals surface area contributed by atoms with Crippen molar-refractivity contribution in [1.82, 2.24) is 19.5 Å². The number of hydrogen-bond acceptors (Lipinski definition) is 7. The molecule has 3 rings (SSSR count). The first-order valence-corrected chi connectivity index (χ1v) is 6.87. The van der Waals surface area contributed by atoms with Crippen molar-refractivity contribution in [2.75, 3.05) is 12.4 Å². The predicted octanol–water partition coefficient (Wildman–Crippen LogP) is 2.91. The molecule has 7 heteroatoms. The molecule has 0 radical (unpaired) electrons. The quantitative estimate of drug-likeness (QED) is 0.798. The summed E-state index contributed by atoms with van der Waals surface area (Å²) in [6.45, 7) is 3.92. The van der Waals surface area contributed by atoms with Crippen LogP contribution in [0.25, 0.3) is 23.0 Å². The third kappa shape index (κ3) is 2.16. The average molecular weight is 287 g/mol. The second-order valence-electron chi connectivity index (χ2n) is 4.36. The summed E-state index contributed by atoms with van der Waals surface area (Å²) >= 11 is 1.37. The van der Waals surface area contributed by atoms with E-state index >= 15 is 0 Å². The molecule has 20 heavy (non-hydrogen) atoms. The Balaban J connectivity index is 2.04. The molecule has 6 nitrogen and oxygen atoms in total. The summed E-state index contributed by atoms with van der Waals surface area (Å²) in [5.74, 6) is 0.940. The second-order valence-corrected chi connectivity index (χ2v) is 5.14. The third-order valence-corrected chi connectivity index (χ3v) is 3.83. The molecule has 0 spiro atoms. The minimum absolute atomic E-state index is 0.457. The molecule has 1 N–H and O–H groups in total. The number of nitrogens with zero attached hydrogens (tertiary/aromatic N) is 4. The summed E-state index contributed by atoms with van der Waals surface area (Å²) in [6.07, 6.45) is 1.73. The zero-order valence-electron chi connectivity index (χ0n) is 11.3. The minimum atomic E-state index is 0.457. The molecule has 0 aliphatic carbocycles. The highest BCUT2D eigenvalue weighted by Gasteiger charge is 2.19. The summed E-state index contributed by atoms with van der Waals surface area (Å²) in [4.78, 5) is 8.68. The monoisotopic (exact) mass is 287 g/mol. The van der Waals surface area contributed by atoms with E-state index in [4.69, 9.17) is 4.52 Å². The third-order valence-electron chi connectivity index (χ3n) is 2.87. The molecular weight excluding hydrogens is 274 g/mol. The van der Waals surface area contributed by atoms with Gasteiger partial charge in [0.1, 0.15) is 10.7 Å². The van der Waals surface area contributed by atoms with Gasteiger partial charge >= 0.3 is 0 Å². The maximum Gasteiger partial charge on any atom is 0.263 e. The molecule has 0 atom stereocenters. The molecule has 0 unspecified atom stereocenters. The van der Waals surface area contributed by atoms with Crippen LogP contribution in [0, 0.1) is 13.8 Å². The highest BCUT2D eigenvalue weighted by molar-refractivity contribution is 7.10. The molecular formula is C13H13N5OS. The van der Waals surface area contributed by atoms with Crippen LogP contribution in [0.1, 0.15) is 11.3 Å². The molecule has 3 heterocycles. The molecule has 3 aromatic rings. The maximum absolute atomic E-state index is 5.35. The van der Waals surface area contributed by atoms with Gasteiger partial charge in [-0.2, -0.15) is 9.36 Å². The first kappa shape index (κ1) is 12.7. The maximum atomic E-state index is 5.35. The Bertz CT molecular complexity index is 749. The van der Waals surface area contributed by atoms with E-state index < -0.39 is 0 Å². The van der Waals surface area contributed by atoms with Crippen molar-refractivity contribution in [3.63, 3.8) is 0 Å². The molecule has 102 valence electrons. The molecule has 0 saturated carbocycles. The van der Waals surface area contributed by atoms with Gasteiger partial charge in [-0.3, -0.25) is 4.98 Å². The van der Waals surface area contributed by atoms with Gasteiger partial charge in [0.2, 0.25) is 5.82 Å². The van der Waals surface area contributed by atoms with Crippen LogP contribution in [0.15, 0.2) is 22.9 Å². The molecule has 0 fully saturated rings. The lowest BCUT2D eigenvalue weighted by Crippen LogP contribution is -1.89. The highest BCUT2D eigenvalue weighted by Crippen LogP contribution is 2.34. The SMILES string of the molecule is CNc1snc(C)c1-c1nc(-c2cc(C)ccn2)no1. The van der Waals surface area contributed by atoms with E-state index in [1.807, 2.05) is 33.0 Å². The van der Waals surface area contributed by atoms with Gasteiger partial charge < -0.3 is 9.84 Å². The number of pyridine rings is 1. The Hall–Kier alpha value is -2.28. The number of anilines is 1. The lowest BCUT2D eigenvalue weighted by Gasteiger charge is -1.97. The van der Waals surface area contributed by atoms with E-state index in [9.17, 15) is 0 Å². The number of nitrogens with one attached hydrogen (secondary N) is 1. The number of rotatable bonds is 3. The molecule has 0 aromatic carbocycles. The van der Waals surface area contributed by atoms with Crippen LogP contribution in [0.3, 0.4) is 0 Å². The van der Waals surface area contributed by atoms with Gasteiger partial charge in [0.15, 0.2) is 0 Å². The van der Waals surface area contributed by atoms with Crippen LogP contribution in [-0.4, -0.2) is 26.5 Å². The Kier molecular flexibility index (Phi) is 3.19. The van der Waals surface area contributed by atoms with E-state index in [0.717, 1.165) is 21.8 Å². The molecule has 0 amide bonds. The second kappa shape index (κ2) is 5.01. The molecule has 0 bridgehead atoms. The van der Waals surface area contributed by atoms with Gasteiger partial charge in [0, 0.05) is 13.2 Å². The lowest BCUT2D eigenvalue weighted by atomic mass is 10.2. The first-order chi connectivity index (χ1) is 9.69. The lowest BCUT2D eigenvalue weighted by molar-refractivity contribution is 0.432. The number of hydrogen-bond donors (Lipinski definition) is 1. The topological polar surface area (TPSA) is 76.7 Å². The van der Waals surface area contributed by atoms with Crippen molar-refractivity contribution in [1.29, 1.82) is 0 Å². The Morgan fingerprint density at radius 3 is 2.90 bits per heavy atom. The van der Waals surface area contributed by atoms with E-state index in [-0.39, 0.29) is 0 Å². The van der Waals surface area contributed by atoms with Crippen LogP contribution in [0.2, 0.25) is 0 Å². The molecule has 3 aromatic heterocycles. The molecule has 0 aliphatic heterocycles. The number of aromatic nitrogens is 4. The standard InChI is InChI=1S/C13H13N5OS/c1-7-4-5-15-9(6-7)11-16-12(19-17-11)10-8(2)18-20-13(10)14-3/h4-6,14H,1-3H3. The zero-order valence-corrected chi connectivity index (χ0v) is 12.2. The summed E-state index contributed by atoms with van der Waals surface area (Å²) in [7, 11) is 1.84. The van der Waals surface area contributed by atoms with Gasteiger partial charge in [-0.25, -0.2) is 0 Å². The fraction of sp³-hybridized carbons (Fsp3) is 0.231. The first-order valence-electron chi connectivity index (χ1n) is 6.10.